The van der Waals surface area contributed by atoms with Gasteiger partial charge in [0.15, 0.2) is 0 Å². The van der Waals surface area contributed by atoms with E-state index in [0.717, 1.165) is 17.1 Å². The summed E-state index contributed by atoms with van der Waals surface area (Å²) < 4.78 is 0. The molecule has 2 rings (SSSR count). The smallest absolute Gasteiger partial charge is 0.251 e. The Morgan fingerprint density at radius 1 is 1.18 bits per heavy atom. The number of carbonyl (C=O) groups is 2. The zero-order chi connectivity index (χ0) is 16.1. The van der Waals surface area contributed by atoms with E-state index in [-0.39, 0.29) is 11.8 Å². The molecule has 0 saturated carbocycles. The van der Waals surface area contributed by atoms with Crippen molar-refractivity contribution in [2.24, 2.45) is 0 Å². The highest BCUT2D eigenvalue weighted by Gasteiger charge is 2.08. The third kappa shape index (κ3) is 4.39. The van der Waals surface area contributed by atoms with Gasteiger partial charge in [-0.15, -0.1) is 11.3 Å². The SMILES string of the molecule is CC(=O)Nc1ccc(C(=O)NCCc2sc(C)nc2C)cc1. The zero-order valence-electron chi connectivity index (χ0n) is 12.9. The van der Waals surface area contributed by atoms with E-state index in [2.05, 4.69) is 15.6 Å². The van der Waals surface area contributed by atoms with Gasteiger partial charge in [-0.1, -0.05) is 0 Å². The molecule has 1 aromatic carbocycles. The summed E-state index contributed by atoms with van der Waals surface area (Å²) in [7, 11) is 0. The number of nitrogens with zero attached hydrogens (tertiary/aromatic N) is 1. The van der Waals surface area contributed by atoms with Gasteiger partial charge in [-0.25, -0.2) is 4.98 Å². The number of benzene rings is 1. The number of nitrogens with one attached hydrogen (secondary N) is 2. The molecule has 0 unspecified atom stereocenters. The average Bonchev–Trinajstić information content (AvgIpc) is 2.77. The molecule has 5 nitrogen and oxygen atoms in total. The fraction of sp³-hybridized carbons (Fsp3) is 0.312. The van der Waals surface area contributed by atoms with Gasteiger partial charge < -0.3 is 10.6 Å². The third-order valence-corrected chi connectivity index (χ3v) is 4.24. The van der Waals surface area contributed by atoms with Crippen LogP contribution in [-0.4, -0.2) is 23.3 Å². The fourth-order valence-electron chi connectivity index (χ4n) is 2.11. The number of aromatic nitrogens is 1. The number of anilines is 1. The van der Waals surface area contributed by atoms with E-state index in [1.165, 1.54) is 11.8 Å². The summed E-state index contributed by atoms with van der Waals surface area (Å²) in [5.41, 5.74) is 2.29. The van der Waals surface area contributed by atoms with Crippen LogP contribution in [0.2, 0.25) is 0 Å². The second-order valence-electron chi connectivity index (χ2n) is 5.01. The number of aryl methyl sites for hydroxylation is 2. The van der Waals surface area contributed by atoms with Crippen molar-refractivity contribution in [2.75, 3.05) is 11.9 Å². The van der Waals surface area contributed by atoms with Gasteiger partial charge in [0.25, 0.3) is 5.91 Å². The quantitative estimate of drug-likeness (QED) is 0.890. The Morgan fingerprint density at radius 3 is 2.41 bits per heavy atom. The first-order valence-corrected chi connectivity index (χ1v) is 7.86. The Hall–Kier alpha value is -2.21. The van der Waals surface area contributed by atoms with Crippen LogP contribution in [0.25, 0.3) is 0 Å². The van der Waals surface area contributed by atoms with E-state index < -0.39 is 0 Å². The summed E-state index contributed by atoms with van der Waals surface area (Å²) >= 11 is 1.67. The molecule has 6 heteroatoms. The molecule has 1 heterocycles. The highest BCUT2D eigenvalue weighted by Crippen LogP contribution is 2.17. The number of carbonyl (C=O) groups excluding carboxylic acids is 2. The Balaban J connectivity index is 1.87. The predicted octanol–water partition coefficient (Wildman–Crippen LogP) is 2.69. The van der Waals surface area contributed by atoms with Crippen molar-refractivity contribution in [1.29, 1.82) is 0 Å². The van der Waals surface area contributed by atoms with Gasteiger partial charge >= 0.3 is 0 Å². The van der Waals surface area contributed by atoms with Crippen LogP contribution in [0, 0.1) is 13.8 Å². The lowest BCUT2D eigenvalue weighted by Gasteiger charge is -2.06. The zero-order valence-corrected chi connectivity index (χ0v) is 13.7. The molecule has 22 heavy (non-hydrogen) atoms. The van der Waals surface area contributed by atoms with Crippen LogP contribution in [0.3, 0.4) is 0 Å². The molecule has 0 spiro atoms. The van der Waals surface area contributed by atoms with Crippen molar-refractivity contribution in [3.8, 4) is 0 Å². The minimum absolute atomic E-state index is 0.117. The molecule has 0 radical (unpaired) electrons. The van der Waals surface area contributed by atoms with Crippen LogP contribution in [0.5, 0.6) is 0 Å². The molecule has 2 amide bonds. The van der Waals surface area contributed by atoms with E-state index in [4.69, 9.17) is 0 Å². The van der Waals surface area contributed by atoms with Gasteiger partial charge in [0.2, 0.25) is 5.91 Å². The van der Waals surface area contributed by atoms with E-state index in [1.54, 1.807) is 35.6 Å². The van der Waals surface area contributed by atoms with Gasteiger partial charge in [-0.3, -0.25) is 9.59 Å². The Kier molecular flexibility index (Phi) is 5.27. The van der Waals surface area contributed by atoms with Gasteiger partial charge in [0.05, 0.1) is 10.7 Å². The average molecular weight is 317 g/mol. The van der Waals surface area contributed by atoms with Crippen molar-refractivity contribution in [2.45, 2.75) is 27.2 Å². The molecular formula is C16H19N3O2S. The standard InChI is InChI=1S/C16H19N3O2S/c1-10-15(22-12(3)18-10)8-9-17-16(21)13-4-6-14(7-5-13)19-11(2)20/h4-7H,8-9H2,1-3H3,(H,17,21)(H,19,20). The molecule has 0 aliphatic rings. The van der Waals surface area contributed by atoms with Crippen molar-refractivity contribution in [3.63, 3.8) is 0 Å². The van der Waals surface area contributed by atoms with Crippen molar-refractivity contribution in [1.82, 2.24) is 10.3 Å². The third-order valence-electron chi connectivity index (χ3n) is 3.10. The molecule has 0 saturated heterocycles. The number of hydrogen-bond acceptors (Lipinski definition) is 4. The summed E-state index contributed by atoms with van der Waals surface area (Å²) in [5, 5.41) is 6.61. The highest BCUT2D eigenvalue weighted by molar-refractivity contribution is 7.11. The maximum atomic E-state index is 12.0. The lowest BCUT2D eigenvalue weighted by molar-refractivity contribution is -0.114. The van der Waals surface area contributed by atoms with Crippen LogP contribution in [0.4, 0.5) is 5.69 Å². The molecular weight excluding hydrogens is 298 g/mol. The van der Waals surface area contributed by atoms with Crippen LogP contribution in [-0.2, 0) is 11.2 Å². The van der Waals surface area contributed by atoms with Crippen LogP contribution in [0.15, 0.2) is 24.3 Å². The van der Waals surface area contributed by atoms with E-state index in [1.807, 2.05) is 13.8 Å². The van der Waals surface area contributed by atoms with Gasteiger partial charge in [-0.05, 0) is 38.1 Å². The van der Waals surface area contributed by atoms with Crippen molar-refractivity contribution in [3.05, 3.63) is 45.4 Å². The lowest BCUT2D eigenvalue weighted by Crippen LogP contribution is -2.25. The normalized spacial score (nSPS) is 10.3. The van der Waals surface area contributed by atoms with Crippen LogP contribution < -0.4 is 10.6 Å². The van der Waals surface area contributed by atoms with Crippen LogP contribution in [0.1, 0.15) is 32.9 Å². The Bertz CT molecular complexity index is 677. The lowest BCUT2D eigenvalue weighted by atomic mass is 10.2. The topological polar surface area (TPSA) is 71.1 Å². The molecule has 0 bridgehead atoms. The highest BCUT2D eigenvalue weighted by atomic mass is 32.1. The largest absolute Gasteiger partial charge is 0.352 e. The molecule has 1 aromatic heterocycles. The number of thiazole rings is 1. The molecule has 2 aromatic rings. The van der Waals surface area contributed by atoms with Crippen molar-refractivity contribution >= 4 is 28.8 Å². The molecule has 0 aliphatic heterocycles. The second-order valence-corrected chi connectivity index (χ2v) is 6.29. The fourth-order valence-corrected chi connectivity index (χ4v) is 3.04. The van der Waals surface area contributed by atoms with Crippen LogP contribution >= 0.6 is 11.3 Å². The summed E-state index contributed by atoms with van der Waals surface area (Å²) in [5.74, 6) is -0.249. The van der Waals surface area contributed by atoms with Gasteiger partial charge in [0.1, 0.15) is 0 Å². The summed E-state index contributed by atoms with van der Waals surface area (Å²) in [6, 6.07) is 6.82. The van der Waals surface area contributed by atoms with Crippen molar-refractivity contribution < 1.29 is 9.59 Å². The molecule has 0 fully saturated rings. The molecule has 116 valence electrons. The Labute approximate surface area is 133 Å². The monoisotopic (exact) mass is 317 g/mol. The van der Waals surface area contributed by atoms with Gasteiger partial charge in [0, 0.05) is 36.0 Å². The minimum atomic E-state index is -0.132. The first kappa shape index (κ1) is 16.2. The first-order valence-electron chi connectivity index (χ1n) is 7.04. The van der Waals surface area contributed by atoms with E-state index >= 15 is 0 Å². The number of rotatable bonds is 5. The van der Waals surface area contributed by atoms with E-state index in [0.29, 0.717) is 17.8 Å². The maximum Gasteiger partial charge on any atom is 0.251 e. The minimum Gasteiger partial charge on any atom is -0.352 e. The number of hydrogen-bond donors (Lipinski definition) is 2. The molecule has 0 atom stereocenters. The Morgan fingerprint density at radius 2 is 1.86 bits per heavy atom. The second kappa shape index (κ2) is 7.17. The number of amides is 2. The van der Waals surface area contributed by atoms with Gasteiger partial charge in [-0.2, -0.15) is 0 Å². The van der Waals surface area contributed by atoms with E-state index in [9.17, 15) is 9.59 Å². The molecule has 0 aliphatic carbocycles. The summed E-state index contributed by atoms with van der Waals surface area (Å²) in [6.07, 6.45) is 0.785. The summed E-state index contributed by atoms with van der Waals surface area (Å²) in [6.45, 7) is 6.00. The molecule has 2 N–H and O–H groups in total. The summed E-state index contributed by atoms with van der Waals surface area (Å²) in [4.78, 5) is 28.6. The maximum absolute atomic E-state index is 12.0. The first-order chi connectivity index (χ1) is 10.5. The predicted molar refractivity (Wildman–Crippen MR) is 88.4 cm³/mol.